The molecule has 0 bridgehead atoms. The van der Waals surface area contributed by atoms with E-state index in [1.54, 1.807) is 29.1 Å². The second kappa shape index (κ2) is 9.95. The van der Waals surface area contributed by atoms with E-state index in [1.165, 1.54) is 6.07 Å². The minimum Gasteiger partial charge on any atom is -0.484 e. The van der Waals surface area contributed by atoms with Crippen molar-refractivity contribution >= 4 is 26.8 Å². The van der Waals surface area contributed by atoms with E-state index < -0.39 is 57.9 Å². The molecule has 0 saturated heterocycles. The van der Waals surface area contributed by atoms with Crippen molar-refractivity contribution < 1.29 is 49.0 Å². The van der Waals surface area contributed by atoms with Gasteiger partial charge in [-0.05, 0) is 24.3 Å². The highest BCUT2D eigenvalue weighted by molar-refractivity contribution is 7.89. The van der Waals surface area contributed by atoms with Gasteiger partial charge in [-0.15, -0.1) is 4.83 Å². The van der Waals surface area contributed by atoms with Crippen LogP contribution in [0, 0.1) is 0 Å². The summed E-state index contributed by atoms with van der Waals surface area (Å²) in [5, 5.41) is 0.570. The van der Waals surface area contributed by atoms with Crippen molar-refractivity contribution in [3.05, 3.63) is 60.3 Å². The molecule has 0 saturated carbocycles. The first-order valence-corrected chi connectivity index (χ1v) is 10.9. The number of amides is 1. The van der Waals surface area contributed by atoms with E-state index in [-0.39, 0.29) is 5.56 Å². The molecule has 3 aromatic rings. The number of benzene rings is 2. The van der Waals surface area contributed by atoms with Crippen LogP contribution in [0.3, 0.4) is 0 Å². The van der Waals surface area contributed by atoms with Crippen LogP contribution in [0.15, 0.2) is 59.6 Å². The highest BCUT2D eigenvalue weighted by Gasteiger charge is 2.31. The Bertz CT molecular complexity index is 1330. The van der Waals surface area contributed by atoms with Gasteiger partial charge in [0.05, 0.1) is 11.1 Å². The molecule has 0 aliphatic rings. The van der Waals surface area contributed by atoms with Crippen molar-refractivity contribution in [2.24, 2.45) is 0 Å². The molecule has 0 radical (unpaired) electrons. The molecule has 15 heteroatoms. The van der Waals surface area contributed by atoms with Gasteiger partial charge in [-0.3, -0.25) is 15.2 Å². The quantitative estimate of drug-likeness (QED) is 0.344. The van der Waals surface area contributed by atoms with Crippen molar-refractivity contribution in [1.82, 2.24) is 15.2 Å². The number of nitrogens with zero attached hydrogens (tertiary/aromatic N) is 1. The monoisotopic (exact) mass is 523 g/mol. The van der Waals surface area contributed by atoms with Crippen molar-refractivity contribution in [1.29, 1.82) is 0 Å². The van der Waals surface area contributed by atoms with Crippen LogP contribution in [0.25, 0.3) is 10.9 Å². The maximum Gasteiger partial charge on any atom is 0.422 e. The molecule has 2 N–H and O–H groups in total. The molecule has 1 aromatic heterocycles. The van der Waals surface area contributed by atoms with E-state index in [2.05, 4.69) is 14.5 Å². The number of halogens is 6. The maximum absolute atomic E-state index is 12.7. The van der Waals surface area contributed by atoms with E-state index in [4.69, 9.17) is 0 Å². The molecular weight excluding hydrogens is 508 g/mol. The first-order valence-electron chi connectivity index (χ1n) is 9.44. The molecule has 0 aliphatic carbocycles. The normalized spacial score (nSPS) is 12.4. The SMILES string of the molecule is O=C(NNS(=O)(=O)c1cc(OCC(F)(F)F)ccc1OCC(F)(F)F)c1cnc2ccccc2c1. The smallest absolute Gasteiger partial charge is 0.422 e. The van der Waals surface area contributed by atoms with Gasteiger partial charge in [-0.25, -0.2) is 8.42 Å². The number of fused-ring (bicyclic) bond motifs is 1. The zero-order valence-corrected chi connectivity index (χ0v) is 18.1. The summed E-state index contributed by atoms with van der Waals surface area (Å²) in [6.07, 6.45) is -8.43. The molecule has 188 valence electrons. The topological polar surface area (TPSA) is 107 Å². The number of ether oxygens (including phenoxy) is 2. The Balaban J connectivity index is 1.83. The number of carbonyl (C=O) groups is 1. The Morgan fingerprint density at radius 1 is 0.914 bits per heavy atom. The van der Waals surface area contributed by atoms with E-state index in [9.17, 15) is 39.6 Å². The highest BCUT2D eigenvalue weighted by Crippen LogP contribution is 2.30. The van der Waals surface area contributed by atoms with E-state index in [0.717, 1.165) is 12.3 Å². The van der Waals surface area contributed by atoms with Crippen LogP contribution >= 0.6 is 0 Å². The first kappa shape index (κ1) is 26.0. The highest BCUT2D eigenvalue weighted by atomic mass is 32.2. The molecular formula is C20H15F6N3O5S. The van der Waals surface area contributed by atoms with Crippen molar-refractivity contribution in [2.45, 2.75) is 17.2 Å². The number of alkyl halides is 6. The first-order chi connectivity index (χ1) is 16.2. The standard InChI is InChI=1S/C20H15F6N3O5S/c21-19(22,23)10-33-14-5-6-16(34-11-20(24,25)26)17(8-14)35(31,32)29-28-18(30)13-7-12-3-1-2-4-15(12)27-9-13/h1-9,29H,10-11H2,(H,28,30). The molecule has 1 amide bonds. The Hall–Kier alpha value is -3.59. The summed E-state index contributed by atoms with van der Waals surface area (Å²) < 4.78 is 109. The van der Waals surface area contributed by atoms with Crippen LogP contribution in [0.4, 0.5) is 26.3 Å². The number of hydrogen-bond acceptors (Lipinski definition) is 6. The summed E-state index contributed by atoms with van der Waals surface area (Å²) in [5.74, 6) is -2.42. The number of sulfonamides is 1. The second-order valence-electron chi connectivity index (χ2n) is 6.89. The number of nitrogens with one attached hydrogen (secondary N) is 2. The molecule has 0 spiro atoms. The Morgan fingerprint density at radius 2 is 1.57 bits per heavy atom. The molecule has 0 fully saturated rings. The summed E-state index contributed by atoms with van der Waals surface area (Å²) in [5.41, 5.74) is 2.37. The summed E-state index contributed by atoms with van der Waals surface area (Å²) >= 11 is 0. The summed E-state index contributed by atoms with van der Waals surface area (Å²) in [4.78, 5) is 17.1. The predicted octanol–water partition coefficient (Wildman–Crippen LogP) is 3.74. The van der Waals surface area contributed by atoms with Crippen LogP contribution in [-0.4, -0.2) is 44.9 Å². The van der Waals surface area contributed by atoms with Crippen LogP contribution < -0.4 is 19.7 Å². The third-order valence-electron chi connectivity index (χ3n) is 4.15. The maximum atomic E-state index is 12.7. The van der Waals surface area contributed by atoms with Gasteiger partial charge < -0.3 is 9.47 Å². The van der Waals surface area contributed by atoms with Crippen molar-refractivity contribution in [2.75, 3.05) is 13.2 Å². The van der Waals surface area contributed by atoms with Gasteiger partial charge in [0.2, 0.25) is 0 Å². The van der Waals surface area contributed by atoms with Crippen molar-refractivity contribution in [3.8, 4) is 11.5 Å². The third-order valence-corrected chi connectivity index (χ3v) is 5.42. The molecule has 0 unspecified atom stereocenters. The zero-order chi connectivity index (χ0) is 25.9. The lowest BCUT2D eigenvalue weighted by molar-refractivity contribution is -0.154. The Morgan fingerprint density at radius 3 is 2.26 bits per heavy atom. The Kier molecular flexibility index (Phi) is 7.40. The minimum atomic E-state index is -4.84. The summed E-state index contributed by atoms with van der Waals surface area (Å²) in [6, 6.07) is 10.2. The van der Waals surface area contributed by atoms with Gasteiger partial charge >= 0.3 is 12.4 Å². The van der Waals surface area contributed by atoms with Crippen LogP contribution in [-0.2, 0) is 10.0 Å². The largest absolute Gasteiger partial charge is 0.484 e. The zero-order valence-electron chi connectivity index (χ0n) is 17.3. The Labute approximate surface area is 193 Å². The number of pyridine rings is 1. The van der Waals surface area contributed by atoms with Crippen molar-refractivity contribution in [3.63, 3.8) is 0 Å². The number of carbonyl (C=O) groups excluding carboxylic acids is 1. The van der Waals surface area contributed by atoms with Gasteiger partial charge in [0, 0.05) is 17.6 Å². The summed E-state index contributed by atoms with van der Waals surface area (Å²) in [7, 11) is -4.84. The number of aromatic nitrogens is 1. The number of hydrazine groups is 1. The van der Waals surface area contributed by atoms with Crippen LogP contribution in [0.2, 0.25) is 0 Å². The molecule has 8 nitrogen and oxygen atoms in total. The number of para-hydroxylation sites is 1. The average molecular weight is 523 g/mol. The van der Waals surface area contributed by atoms with Crippen LogP contribution in [0.5, 0.6) is 11.5 Å². The van der Waals surface area contributed by atoms with Crippen LogP contribution in [0.1, 0.15) is 10.4 Å². The lowest BCUT2D eigenvalue weighted by atomic mass is 10.1. The molecule has 2 aromatic carbocycles. The lowest BCUT2D eigenvalue weighted by Gasteiger charge is -2.16. The van der Waals surface area contributed by atoms with E-state index in [1.807, 2.05) is 5.43 Å². The third kappa shape index (κ3) is 7.45. The van der Waals surface area contributed by atoms with Gasteiger partial charge in [-0.1, -0.05) is 18.2 Å². The van der Waals surface area contributed by atoms with Gasteiger partial charge in [0.25, 0.3) is 15.9 Å². The van der Waals surface area contributed by atoms with Gasteiger partial charge in [0.15, 0.2) is 13.2 Å². The summed E-state index contributed by atoms with van der Waals surface area (Å²) in [6.45, 7) is -3.66. The fourth-order valence-corrected chi connectivity index (χ4v) is 3.67. The fourth-order valence-electron chi connectivity index (χ4n) is 2.67. The molecule has 0 atom stereocenters. The number of hydrogen-bond donors (Lipinski definition) is 2. The van der Waals surface area contributed by atoms with Gasteiger partial charge in [0.1, 0.15) is 16.4 Å². The number of rotatable bonds is 8. The second-order valence-corrected chi connectivity index (χ2v) is 8.54. The van der Waals surface area contributed by atoms with Gasteiger partial charge in [-0.2, -0.15) is 26.3 Å². The molecule has 3 rings (SSSR count). The van der Waals surface area contributed by atoms with E-state index >= 15 is 0 Å². The average Bonchev–Trinajstić information content (AvgIpc) is 2.78. The lowest BCUT2D eigenvalue weighted by Crippen LogP contribution is -2.41. The fraction of sp³-hybridized carbons (Fsp3) is 0.200. The predicted molar refractivity (Wildman–Crippen MR) is 109 cm³/mol. The molecule has 0 aliphatic heterocycles. The minimum absolute atomic E-state index is 0.0535. The van der Waals surface area contributed by atoms with E-state index in [0.29, 0.717) is 23.0 Å². The molecule has 35 heavy (non-hydrogen) atoms. The molecule has 1 heterocycles.